The van der Waals surface area contributed by atoms with Gasteiger partial charge in [0.25, 0.3) is 5.91 Å². The fraction of sp³-hybridized carbons (Fsp3) is 0.125. The summed E-state index contributed by atoms with van der Waals surface area (Å²) in [5, 5.41) is 10.7. The van der Waals surface area contributed by atoms with E-state index in [0.717, 1.165) is 17.3 Å². The Bertz CT molecular complexity index is 719. The van der Waals surface area contributed by atoms with Crippen LogP contribution in [-0.4, -0.2) is 22.6 Å². The van der Waals surface area contributed by atoms with Gasteiger partial charge in [-0.2, -0.15) is 5.10 Å². The number of nitrogens with zero attached hydrogens (tertiary/aromatic N) is 1. The fourth-order valence-electron chi connectivity index (χ4n) is 2.15. The molecule has 100 valence electrons. The van der Waals surface area contributed by atoms with Crippen molar-refractivity contribution in [1.29, 1.82) is 0 Å². The predicted octanol–water partition coefficient (Wildman–Crippen LogP) is 2.54. The van der Waals surface area contributed by atoms with E-state index >= 15 is 0 Å². The van der Waals surface area contributed by atoms with Crippen LogP contribution in [0.15, 0.2) is 54.7 Å². The molecule has 0 radical (unpaired) electrons. The largest absolute Gasteiger partial charge is 0.352 e. The Labute approximate surface area is 116 Å². The molecule has 0 aliphatic carbocycles. The summed E-state index contributed by atoms with van der Waals surface area (Å²) in [6.07, 6.45) is 2.55. The summed E-state index contributed by atoms with van der Waals surface area (Å²) in [5.74, 6) is -0.0518. The lowest BCUT2D eigenvalue weighted by molar-refractivity contribution is 0.0954. The molecule has 20 heavy (non-hydrogen) atoms. The van der Waals surface area contributed by atoms with E-state index in [1.165, 1.54) is 5.56 Å². The van der Waals surface area contributed by atoms with Gasteiger partial charge in [-0.05, 0) is 30.2 Å². The van der Waals surface area contributed by atoms with Gasteiger partial charge in [-0.1, -0.05) is 30.3 Å². The molecule has 1 amide bonds. The van der Waals surface area contributed by atoms with Gasteiger partial charge in [0.1, 0.15) is 0 Å². The molecule has 2 N–H and O–H groups in total. The van der Waals surface area contributed by atoms with Crippen molar-refractivity contribution < 1.29 is 4.79 Å². The van der Waals surface area contributed by atoms with Crippen molar-refractivity contribution in [2.45, 2.75) is 6.42 Å². The Kier molecular flexibility index (Phi) is 3.46. The highest BCUT2D eigenvalue weighted by atomic mass is 16.1. The molecule has 0 bridgehead atoms. The second-order valence-electron chi connectivity index (χ2n) is 4.66. The van der Waals surface area contributed by atoms with Gasteiger partial charge in [0.15, 0.2) is 0 Å². The maximum atomic E-state index is 12.1. The summed E-state index contributed by atoms with van der Waals surface area (Å²) >= 11 is 0. The molecule has 0 unspecified atom stereocenters. The lowest BCUT2D eigenvalue weighted by Crippen LogP contribution is -2.25. The molecule has 0 saturated carbocycles. The van der Waals surface area contributed by atoms with Crippen LogP contribution in [-0.2, 0) is 6.42 Å². The first-order chi connectivity index (χ1) is 9.83. The second-order valence-corrected chi connectivity index (χ2v) is 4.66. The van der Waals surface area contributed by atoms with Gasteiger partial charge in [0.2, 0.25) is 0 Å². The molecule has 1 aromatic heterocycles. The van der Waals surface area contributed by atoms with Gasteiger partial charge in [0, 0.05) is 17.5 Å². The van der Waals surface area contributed by atoms with Crippen LogP contribution >= 0.6 is 0 Å². The lowest BCUT2D eigenvalue weighted by Gasteiger charge is -2.05. The Morgan fingerprint density at radius 3 is 2.85 bits per heavy atom. The standard InChI is InChI=1S/C16H15N3O/c20-16(17-9-8-12-4-2-1-3-5-12)13-6-7-15-14(10-13)11-18-19-15/h1-7,10-11H,8-9H2,(H,17,20)(H,18,19). The molecule has 4 nitrogen and oxygen atoms in total. The maximum Gasteiger partial charge on any atom is 0.251 e. The van der Waals surface area contributed by atoms with Crippen LogP contribution in [0.4, 0.5) is 0 Å². The predicted molar refractivity (Wildman–Crippen MR) is 78.6 cm³/mol. The van der Waals surface area contributed by atoms with Gasteiger partial charge in [-0.15, -0.1) is 0 Å². The first kappa shape index (κ1) is 12.4. The number of H-pyrrole nitrogens is 1. The molecule has 3 rings (SSSR count). The Morgan fingerprint density at radius 1 is 1.15 bits per heavy atom. The molecular weight excluding hydrogens is 250 g/mol. The van der Waals surface area contributed by atoms with E-state index in [1.54, 1.807) is 12.3 Å². The van der Waals surface area contributed by atoms with Crippen LogP contribution in [0.1, 0.15) is 15.9 Å². The van der Waals surface area contributed by atoms with E-state index in [-0.39, 0.29) is 5.91 Å². The third-order valence-electron chi connectivity index (χ3n) is 3.24. The summed E-state index contributed by atoms with van der Waals surface area (Å²) in [5.41, 5.74) is 2.82. The number of fused-ring (bicyclic) bond motifs is 1. The molecule has 3 aromatic rings. The number of carbonyl (C=O) groups is 1. The van der Waals surface area contributed by atoms with Gasteiger partial charge in [0.05, 0.1) is 11.7 Å². The summed E-state index contributed by atoms with van der Waals surface area (Å²) in [7, 11) is 0. The van der Waals surface area contributed by atoms with E-state index in [0.29, 0.717) is 12.1 Å². The Morgan fingerprint density at radius 2 is 2.00 bits per heavy atom. The maximum absolute atomic E-state index is 12.1. The van der Waals surface area contributed by atoms with Crippen LogP contribution in [0, 0.1) is 0 Å². The van der Waals surface area contributed by atoms with Crippen molar-refractivity contribution in [3.8, 4) is 0 Å². The number of rotatable bonds is 4. The molecule has 0 aliphatic heterocycles. The monoisotopic (exact) mass is 265 g/mol. The van der Waals surface area contributed by atoms with E-state index < -0.39 is 0 Å². The number of carbonyl (C=O) groups excluding carboxylic acids is 1. The minimum absolute atomic E-state index is 0.0518. The highest BCUT2D eigenvalue weighted by Gasteiger charge is 2.06. The van der Waals surface area contributed by atoms with Crippen molar-refractivity contribution in [3.05, 3.63) is 65.9 Å². The highest BCUT2D eigenvalue weighted by molar-refractivity contribution is 5.97. The summed E-state index contributed by atoms with van der Waals surface area (Å²) in [6, 6.07) is 15.6. The molecule has 4 heteroatoms. The lowest BCUT2D eigenvalue weighted by atomic mass is 10.1. The second kappa shape index (κ2) is 5.57. The number of hydrogen-bond donors (Lipinski definition) is 2. The van der Waals surface area contributed by atoms with E-state index in [9.17, 15) is 4.79 Å². The number of aromatic nitrogens is 2. The van der Waals surface area contributed by atoms with Crippen LogP contribution in [0.2, 0.25) is 0 Å². The number of benzene rings is 2. The summed E-state index contributed by atoms with van der Waals surface area (Å²) < 4.78 is 0. The first-order valence-corrected chi connectivity index (χ1v) is 6.58. The van der Waals surface area contributed by atoms with Crippen molar-refractivity contribution in [2.75, 3.05) is 6.54 Å². The number of amides is 1. The molecule has 0 saturated heterocycles. The van der Waals surface area contributed by atoms with Gasteiger partial charge in [-0.25, -0.2) is 0 Å². The Hall–Kier alpha value is -2.62. The molecule has 0 fully saturated rings. The minimum Gasteiger partial charge on any atom is -0.352 e. The van der Waals surface area contributed by atoms with Crippen molar-refractivity contribution in [3.63, 3.8) is 0 Å². The minimum atomic E-state index is -0.0518. The summed E-state index contributed by atoms with van der Waals surface area (Å²) in [6.45, 7) is 0.631. The first-order valence-electron chi connectivity index (χ1n) is 6.58. The van der Waals surface area contributed by atoms with Gasteiger partial charge in [-0.3, -0.25) is 9.89 Å². The normalized spacial score (nSPS) is 10.6. The van der Waals surface area contributed by atoms with Gasteiger partial charge >= 0.3 is 0 Å². The van der Waals surface area contributed by atoms with E-state index in [2.05, 4.69) is 27.6 Å². The van der Waals surface area contributed by atoms with Crippen LogP contribution in [0.3, 0.4) is 0 Å². The third kappa shape index (κ3) is 2.69. The molecule has 0 spiro atoms. The zero-order chi connectivity index (χ0) is 13.8. The van der Waals surface area contributed by atoms with Crippen LogP contribution in [0.25, 0.3) is 10.9 Å². The molecule has 0 atom stereocenters. The van der Waals surface area contributed by atoms with Crippen molar-refractivity contribution in [1.82, 2.24) is 15.5 Å². The van der Waals surface area contributed by atoms with Crippen molar-refractivity contribution >= 4 is 16.8 Å². The number of aromatic amines is 1. The molecular formula is C16H15N3O. The SMILES string of the molecule is O=C(NCCc1ccccc1)c1ccc2[nH]ncc2c1. The smallest absolute Gasteiger partial charge is 0.251 e. The zero-order valence-electron chi connectivity index (χ0n) is 11.0. The average Bonchev–Trinajstić information content (AvgIpc) is 2.95. The highest BCUT2D eigenvalue weighted by Crippen LogP contribution is 2.12. The van der Waals surface area contributed by atoms with E-state index in [1.807, 2.05) is 30.3 Å². The number of nitrogens with one attached hydrogen (secondary N) is 2. The number of hydrogen-bond acceptors (Lipinski definition) is 2. The third-order valence-corrected chi connectivity index (χ3v) is 3.24. The summed E-state index contributed by atoms with van der Waals surface area (Å²) in [4.78, 5) is 12.1. The van der Waals surface area contributed by atoms with Crippen LogP contribution in [0.5, 0.6) is 0 Å². The zero-order valence-corrected chi connectivity index (χ0v) is 11.0. The molecule has 0 aliphatic rings. The quantitative estimate of drug-likeness (QED) is 0.761. The molecule has 2 aromatic carbocycles. The van der Waals surface area contributed by atoms with Crippen molar-refractivity contribution in [2.24, 2.45) is 0 Å². The molecule has 1 heterocycles. The topological polar surface area (TPSA) is 57.8 Å². The van der Waals surface area contributed by atoms with E-state index in [4.69, 9.17) is 0 Å². The average molecular weight is 265 g/mol. The fourth-order valence-corrected chi connectivity index (χ4v) is 2.15. The van der Waals surface area contributed by atoms with Gasteiger partial charge < -0.3 is 5.32 Å². The Balaban J connectivity index is 1.61. The van der Waals surface area contributed by atoms with Crippen LogP contribution < -0.4 is 5.32 Å².